The van der Waals surface area contributed by atoms with Gasteiger partial charge in [-0.3, -0.25) is 24.0 Å². The van der Waals surface area contributed by atoms with E-state index in [0.29, 0.717) is 5.69 Å². The summed E-state index contributed by atoms with van der Waals surface area (Å²) in [7, 11) is 0. The summed E-state index contributed by atoms with van der Waals surface area (Å²) in [4.78, 5) is 75.8. The van der Waals surface area contributed by atoms with Crippen LogP contribution in [0.3, 0.4) is 0 Å². The van der Waals surface area contributed by atoms with Crippen molar-refractivity contribution in [3.63, 3.8) is 0 Å². The highest BCUT2D eigenvalue weighted by molar-refractivity contribution is 5.95. The third-order valence-electron chi connectivity index (χ3n) is 3.80. The van der Waals surface area contributed by atoms with Crippen molar-refractivity contribution in [1.29, 1.82) is 0 Å². The first-order chi connectivity index (χ1) is 14.5. The van der Waals surface area contributed by atoms with Gasteiger partial charge in [0.1, 0.15) is 12.1 Å². The van der Waals surface area contributed by atoms with Gasteiger partial charge in [0.25, 0.3) is 0 Å². The molecular weight excluding hydrogens is 418 g/mol. The molecule has 31 heavy (non-hydrogen) atoms. The van der Waals surface area contributed by atoms with Crippen LogP contribution in [-0.4, -0.2) is 80.4 Å². The summed E-state index contributed by atoms with van der Waals surface area (Å²) in [5.41, 5.74) is 11.3. The van der Waals surface area contributed by atoms with Gasteiger partial charge in [-0.1, -0.05) is 0 Å². The summed E-state index contributed by atoms with van der Waals surface area (Å²) in [5, 5.41) is 24.0. The number of aliphatic carboxylic acids is 2. The Morgan fingerprint density at radius 3 is 2.23 bits per heavy atom. The van der Waals surface area contributed by atoms with Crippen LogP contribution >= 0.6 is 0 Å². The Kier molecular flexibility index (Phi) is 9.58. The Morgan fingerprint density at radius 1 is 1.03 bits per heavy atom. The van der Waals surface area contributed by atoms with Crippen molar-refractivity contribution in [2.75, 3.05) is 6.54 Å². The maximum Gasteiger partial charge on any atom is 0.326 e. The van der Waals surface area contributed by atoms with E-state index in [1.165, 1.54) is 12.5 Å². The van der Waals surface area contributed by atoms with E-state index >= 15 is 0 Å². The van der Waals surface area contributed by atoms with Crippen molar-refractivity contribution in [2.45, 2.75) is 37.4 Å². The maximum atomic E-state index is 12.2. The van der Waals surface area contributed by atoms with E-state index in [9.17, 15) is 28.8 Å². The number of hydrogen-bond acceptors (Lipinski definition) is 8. The molecule has 1 aromatic heterocycles. The van der Waals surface area contributed by atoms with Gasteiger partial charge in [-0.2, -0.15) is 0 Å². The number of carboxylic acids is 2. The Hall–Kier alpha value is -4.01. The number of primary amides is 1. The highest BCUT2D eigenvalue weighted by atomic mass is 16.4. The summed E-state index contributed by atoms with van der Waals surface area (Å²) >= 11 is 0. The summed E-state index contributed by atoms with van der Waals surface area (Å²) in [6, 6.07) is -4.38. The molecule has 3 atom stereocenters. The molecule has 3 unspecified atom stereocenters. The molecule has 0 saturated carbocycles. The van der Waals surface area contributed by atoms with Crippen LogP contribution < -0.4 is 27.4 Å². The van der Waals surface area contributed by atoms with Gasteiger partial charge in [-0.05, 0) is 0 Å². The second-order valence-electron chi connectivity index (χ2n) is 6.39. The number of hydrogen-bond donors (Lipinski definition) is 8. The van der Waals surface area contributed by atoms with Crippen molar-refractivity contribution in [2.24, 2.45) is 11.5 Å². The van der Waals surface area contributed by atoms with Gasteiger partial charge in [0, 0.05) is 18.3 Å². The van der Waals surface area contributed by atoms with E-state index in [4.69, 9.17) is 21.7 Å². The number of rotatable bonds is 13. The lowest BCUT2D eigenvalue weighted by molar-refractivity contribution is -0.147. The number of nitrogens with zero attached hydrogens (tertiary/aromatic N) is 1. The van der Waals surface area contributed by atoms with Crippen LogP contribution in [0.2, 0.25) is 0 Å². The smallest absolute Gasteiger partial charge is 0.326 e. The number of imidazole rings is 1. The zero-order valence-corrected chi connectivity index (χ0v) is 16.2. The zero-order chi connectivity index (χ0) is 23.6. The fraction of sp³-hybridized carbons (Fsp3) is 0.438. The molecule has 0 aliphatic rings. The Labute approximate surface area is 174 Å². The number of carbonyl (C=O) groups excluding carboxylic acids is 4. The molecule has 0 bridgehead atoms. The lowest BCUT2D eigenvalue weighted by Gasteiger charge is -2.20. The molecular formula is C16H23N7O8. The minimum atomic E-state index is -1.79. The molecule has 0 fully saturated rings. The number of carbonyl (C=O) groups is 6. The lowest BCUT2D eigenvalue weighted by atomic mass is 10.1. The largest absolute Gasteiger partial charge is 0.481 e. The lowest BCUT2D eigenvalue weighted by Crippen LogP contribution is -2.55. The Balaban J connectivity index is 2.64. The molecule has 170 valence electrons. The fourth-order valence-corrected chi connectivity index (χ4v) is 2.33. The first-order valence-electron chi connectivity index (χ1n) is 8.82. The highest BCUT2D eigenvalue weighted by Crippen LogP contribution is 1.99. The summed E-state index contributed by atoms with van der Waals surface area (Å²) in [5.74, 6) is -6.81. The monoisotopic (exact) mass is 441 g/mol. The predicted octanol–water partition coefficient (Wildman–Crippen LogP) is -4.20. The summed E-state index contributed by atoms with van der Waals surface area (Å²) in [6.07, 6.45) is 1.39. The standard InChI is InChI=1S/C16H23N7O8/c17-8(1-7-4-19-6-21-7)14(28)20-5-12(25)22-9(2-11(18)24)15(29)23-10(16(30)31)3-13(26)27/h4,6,8-10H,1-3,5,17H2,(H2,18,24)(H,19,21)(H,20,28)(H,22,25)(H,23,29)(H,26,27)(H,30,31). The first kappa shape index (κ1) is 25.0. The van der Waals surface area contributed by atoms with Gasteiger partial charge in [-0.25, -0.2) is 9.78 Å². The van der Waals surface area contributed by atoms with E-state index in [-0.39, 0.29) is 6.42 Å². The normalized spacial score (nSPS) is 13.3. The topological polar surface area (TPSA) is 260 Å². The fourth-order valence-electron chi connectivity index (χ4n) is 2.33. The van der Waals surface area contributed by atoms with Gasteiger partial charge in [0.2, 0.25) is 23.6 Å². The molecule has 0 aromatic carbocycles. The van der Waals surface area contributed by atoms with E-state index in [1.807, 2.05) is 5.32 Å². The molecule has 0 aliphatic heterocycles. The van der Waals surface area contributed by atoms with Crippen LogP contribution in [0.25, 0.3) is 0 Å². The van der Waals surface area contributed by atoms with Gasteiger partial charge in [0.05, 0.1) is 31.8 Å². The quantitative estimate of drug-likeness (QED) is 0.146. The number of nitrogens with one attached hydrogen (secondary N) is 4. The number of aromatic nitrogens is 2. The Morgan fingerprint density at radius 2 is 1.71 bits per heavy atom. The molecule has 4 amide bonds. The third-order valence-corrected chi connectivity index (χ3v) is 3.80. The number of amides is 4. The molecule has 1 rings (SSSR count). The van der Waals surface area contributed by atoms with Crippen molar-refractivity contribution in [3.05, 3.63) is 18.2 Å². The minimum Gasteiger partial charge on any atom is -0.481 e. The molecule has 0 spiro atoms. The van der Waals surface area contributed by atoms with Crippen LogP contribution in [-0.2, 0) is 35.2 Å². The SMILES string of the molecule is NC(=O)CC(NC(=O)CNC(=O)C(N)Cc1cnc[nH]1)C(=O)NC(CC(=O)O)C(=O)O. The van der Waals surface area contributed by atoms with E-state index in [2.05, 4.69) is 20.6 Å². The van der Waals surface area contributed by atoms with E-state index in [0.717, 1.165) is 0 Å². The first-order valence-corrected chi connectivity index (χ1v) is 8.82. The average Bonchev–Trinajstić information content (AvgIpc) is 3.17. The molecule has 15 heteroatoms. The number of nitrogens with two attached hydrogens (primary N) is 2. The second-order valence-corrected chi connectivity index (χ2v) is 6.39. The van der Waals surface area contributed by atoms with E-state index < -0.39 is 73.1 Å². The van der Waals surface area contributed by atoms with Gasteiger partial charge < -0.3 is 42.6 Å². The van der Waals surface area contributed by atoms with Gasteiger partial charge in [0.15, 0.2) is 0 Å². The Bertz CT molecular complexity index is 826. The van der Waals surface area contributed by atoms with Gasteiger partial charge >= 0.3 is 11.9 Å². The maximum absolute atomic E-state index is 12.2. The van der Waals surface area contributed by atoms with Crippen molar-refractivity contribution in [1.82, 2.24) is 25.9 Å². The average molecular weight is 441 g/mol. The van der Waals surface area contributed by atoms with E-state index in [1.54, 1.807) is 0 Å². The highest BCUT2D eigenvalue weighted by Gasteiger charge is 2.29. The van der Waals surface area contributed by atoms with Crippen LogP contribution in [0.1, 0.15) is 18.5 Å². The van der Waals surface area contributed by atoms with Crippen molar-refractivity contribution >= 4 is 35.6 Å². The predicted molar refractivity (Wildman–Crippen MR) is 101 cm³/mol. The minimum absolute atomic E-state index is 0.125. The second kappa shape index (κ2) is 11.9. The van der Waals surface area contributed by atoms with Crippen molar-refractivity contribution < 1.29 is 39.0 Å². The molecule has 0 saturated heterocycles. The van der Waals surface area contributed by atoms with Crippen molar-refractivity contribution in [3.8, 4) is 0 Å². The zero-order valence-electron chi connectivity index (χ0n) is 16.2. The molecule has 15 nitrogen and oxygen atoms in total. The number of H-pyrrole nitrogens is 1. The molecule has 0 aliphatic carbocycles. The molecule has 1 aromatic rings. The van der Waals surface area contributed by atoms with Crippen LogP contribution in [0.15, 0.2) is 12.5 Å². The molecule has 0 radical (unpaired) electrons. The number of aromatic amines is 1. The van der Waals surface area contributed by atoms with Gasteiger partial charge in [-0.15, -0.1) is 0 Å². The van der Waals surface area contributed by atoms with Crippen LogP contribution in [0, 0.1) is 0 Å². The summed E-state index contributed by atoms with van der Waals surface area (Å²) in [6.45, 7) is -0.602. The third kappa shape index (κ3) is 9.35. The van der Waals surface area contributed by atoms with Crippen LogP contribution in [0.5, 0.6) is 0 Å². The summed E-state index contributed by atoms with van der Waals surface area (Å²) < 4.78 is 0. The van der Waals surface area contributed by atoms with Crippen LogP contribution in [0.4, 0.5) is 0 Å². The molecule has 1 heterocycles. The number of carboxylic acid groups (broad SMARTS) is 2. The molecule has 10 N–H and O–H groups in total.